The minimum atomic E-state index is -0.582. The minimum Gasteiger partial charge on any atom is -0.460 e. The van der Waals surface area contributed by atoms with E-state index in [1.807, 2.05) is 6.92 Å². The molecule has 1 aromatic heterocycles. The van der Waals surface area contributed by atoms with Gasteiger partial charge in [-0.2, -0.15) is 0 Å². The summed E-state index contributed by atoms with van der Waals surface area (Å²) >= 11 is 0. The van der Waals surface area contributed by atoms with Crippen molar-refractivity contribution in [3.63, 3.8) is 0 Å². The van der Waals surface area contributed by atoms with Crippen molar-refractivity contribution < 1.29 is 23.1 Å². The van der Waals surface area contributed by atoms with Crippen molar-refractivity contribution in [1.29, 1.82) is 0 Å². The molecule has 0 spiro atoms. The van der Waals surface area contributed by atoms with Gasteiger partial charge in [-0.05, 0) is 30.2 Å². The Morgan fingerprint density at radius 1 is 1.16 bits per heavy atom. The standard InChI is InChI=1S/C19H15FO5/c1-3-12-8-13-17(9-16(12)24-11(2)21)23-10-18(19(13)22)25-15-7-5-4-6-14(15)20/h4-10H,3H2,1-2H3. The molecule has 25 heavy (non-hydrogen) atoms. The summed E-state index contributed by atoms with van der Waals surface area (Å²) < 4.78 is 29.6. The van der Waals surface area contributed by atoms with Gasteiger partial charge in [0.25, 0.3) is 0 Å². The molecule has 0 aliphatic carbocycles. The second-order valence-corrected chi connectivity index (χ2v) is 5.36. The van der Waals surface area contributed by atoms with Crippen molar-refractivity contribution in [2.75, 3.05) is 0 Å². The number of ether oxygens (including phenoxy) is 2. The summed E-state index contributed by atoms with van der Waals surface area (Å²) in [5.41, 5.74) is 0.492. The van der Waals surface area contributed by atoms with Crippen molar-refractivity contribution in [2.45, 2.75) is 20.3 Å². The third kappa shape index (κ3) is 3.38. The predicted octanol–water partition coefficient (Wildman–Crippen LogP) is 4.21. The summed E-state index contributed by atoms with van der Waals surface area (Å²) in [5.74, 6) is -0.896. The van der Waals surface area contributed by atoms with Crippen LogP contribution in [-0.2, 0) is 11.2 Å². The van der Waals surface area contributed by atoms with Crippen LogP contribution in [0.25, 0.3) is 11.0 Å². The summed E-state index contributed by atoms with van der Waals surface area (Å²) in [5, 5.41) is 0.265. The third-order valence-corrected chi connectivity index (χ3v) is 3.62. The van der Waals surface area contributed by atoms with Crippen LogP contribution in [0.4, 0.5) is 4.39 Å². The molecule has 0 radical (unpaired) electrons. The number of para-hydroxylation sites is 1. The Morgan fingerprint density at radius 3 is 2.60 bits per heavy atom. The van der Waals surface area contributed by atoms with Gasteiger partial charge in [0, 0.05) is 13.0 Å². The van der Waals surface area contributed by atoms with Gasteiger partial charge in [-0.25, -0.2) is 4.39 Å². The molecule has 0 aliphatic heterocycles. The lowest BCUT2D eigenvalue weighted by Gasteiger charge is -2.10. The number of rotatable bonds is 4. The summed E-state index contributed by atoms with van der Waals surface area (Å²) in [7, 11) is 0. The first-order chi connectivity index (χ1) is 12.0. The molecule has 2 aromatic carbocycles. The lowest BCUT2D eigenvalue weighted by molar-refractivity contribution is -0.131. The molecule has 128 valence electrons. The number of halogens is 1. The topological polar surface area (TPSA) is 65.7 Å². The molecule has 5 nitrogen and oxygen atoms in total. The molecule has 0 saturated heterocycles. The maximum atomic E-state index is 13.7. The van der Waals surface area contributed by atoms with Crippen LogP contribution in [0.1, 0.15) is 19.4 Å². The van der Waals surface area contributed by atoms with Gasteiger partial charge in [0.2, 0.25) is 11.2 Å². The molecule has 0 bridgehead atoms. The monoisotopic (exact) mass is 342 g/mol. The molecule has 0 unspecified atom stereocenters. The normalized spacial score (nSPS) is 10.7. The SMILES string of the molecule is CCc1cc2c(=O)c(Oc3ccccc3F)coc2cc1OC(C)=O. The molecule has 0 fully saturated rings. The van der Waals surface area contributed by atoms with Gasteiger partial charge in [0.15, 0.2) is 11.6 Å². The molecule has 6 heteroatoms. The number of carbonyl (C=O) groups excluding carboxylic acids is 1. The number of hydrogen-bond donors (Lipinski definition) is 0. The lowest BCUT2D eigenvalue weighted by atomic mass is 10.1. The minimum absolute atomic E-state index is 0.0681. The van der Waals surface area contributed by atoms with Crippen LogP contribution in [0.5, 0.6) is 17.2 Å². The Labute approximate surface area is 142 Å². The number of carbonyl (C=O) groups is 1. The van der Waals surface area contributed by atoms with E-state index in [0.717, 1.165) is 6.26 Å². The Hall–Kier alpha value is -3.15. The highest BCUT2D eigenvalue weighted by Gasteiger charge is 2.15. The Balaban J connectivity index is 2.09. The van der Waals surface area contributed by atoms with Crippen molar-refractivity contribution in [1.82, 2.24) is 0 Å². The molecule has 0 saturated carbocycles. The molecule has 1 heterocycles. The van der Waals surface area contributed by atoms with Gasteiger partial charge >= 0.3 is 5.97 Å². The van der Waals surface area contributed by atoms with Gasteiger partial charge in [0.1, 0.15) is 17.6 Å². The number of aryl methyl sites for hydroxylation is 1. The van der Waals surface area contributed by atoms with E-state index in [1.54, 1.807) is 12.1 Å². The quantitative estimate of drug-likeness (QED) is 0.525. The van der Waals surface area contributed by atoms with Gasteiger partial charge in [0.05, 0.1) is 5.39 Å². The Kier molecular flexibility index (Phi) is 4.52. The third-order valence-electron chi connectivity index (χ3n) is 3.62. The van der Waals surface area contributed by atoms with Crippen molar-refractivity contribution >= 4 is 16.9 Å². The maximum Gasteiger partial charge on any atom is 0.308 e. The zero-order valence-electron chi connectivity index (χ0n) is 13.7. The number of fused-ring (bicyclic) bond motifs is 1. The van der Waals surface area contributed by atoms with Crippen molar-refractivity contribution in [3.8, 4) is 17.2 Å². The first-order valence-electron chi connectivity index (χ1n) is 7.68. The van der Waals surface area contributed by atoms with Gasteiger partial charge in [-0.15, -0.1) is 0 Å². The number of esters is 1. The molecule has 0 aliphatic rings. The van der Waals surface area contributed by atoms with E-state index >= 15 is 0 Å². The van der Waals surface area contributed by atoms with E-state index in [9.17, 15) is 14.0 Å². The highest BCUT2D eigenvalue weighted by atomic mass is 19.1. The molecule has 3 rings (SSSR count). The first-order valence-corrected chi connectivity index (χ1v) is 7.68. The zero-order chi connectivity index (χ0) is 18.0. The van der Waals surface area contributed by atoms with Crippen LogP contribution < -0.4 is 14.9 Å². The second-order valence-electron chi connectivity index (χ2n) is 5.36. The van der Waals surface area contributed by atoms with E-state index < -0.39 is 17.2 Å². The van der Waals surface area contributed by atoms with E-state index in [-0.39, 0.29) is 22.5 Å². The molecule has 0 amide bonds. The molecule has 3 aromatic rings. The predicted molar refractivity (Wildman–Crippen MR) is 89.6 cm³/mol. The average molecular weight is 342 g/mol. The molecule has 0 atom stereocenters. The molecular formula is C19H15FO5. The smallest absolute Gasteiger partial charge is 0.308 e. The van der Waals surface area contributed by atoms with Crippen molar-refractivity contribution in [2.24, 2.45) is 0 Å². The van der Waals surface area contributed by atoms with Crippen LogP contribution in [0.15, 0.2) is 51.9 Å². The van der Waals surface area contributed by atoms with Gasteiger partial charge < -0.3 is 13.9 Å². The summed E-state index contributed by atoms with van der Waals surface area (Å²) in [6, 6.07) is 8.85. The molecule has 0 N–H and O–H groups in total. The fourth-order valence-electron chi connectivity index (χ4n) is 2.43. The van der Waals surface area contributed by atoms with Gasteiger partial charge in [-0.3, -0.25) is 9.59 Å². The molecular weight excluding hydrogens is 327 g/mol. The van der Waals surface area contributed by atoms with Gasteiger partial charge in [-0.1, -0.05) is 19.1 Å². The fraction of sp³-hybridized carbons (Fsp3) is 0.158. The van der Waals surface area contributed by atoms with E-state index in [2.05, 4.69) is 0 Å². The fourth-order valence-corrected chi connectivity index (χ4v) is 2.43. The first kappa shape index (κ1) is 16.7. The Morgan fingerprint density at radius 2 is 1.92 bits per heavy atom. The van der Waals surface area contributed by atoms with Crippen LogP contribution in [0.3, 0.4) is 0 Å². The second kappa shape index (κ2) is 6.76. The van der Waals surface area contributed by atoms with Crippen LogP contribution in [0.2, 0.25) is 0 Å². The lowest BCUT2D eigenvalue weighted by Crippen LogP contribution is -2.08. The van der Waals surface area contributed by atoms with E-state index in [0.29, 0.717) is 17.7 Å². The highest BCUT2D eigenvalue weighted by molar-refractivity contribution is 5.82. The number of benzene rings is 2. The van der Waals surface area contributed by atoms with Crippen LogP contribution in [-0.4, -0.2) is 5.97 Å². The average Bonchev–Trinajstić information content (AvgIpc) is 2.58. The number of hydrogen-bond acceptors (Lipinski definition) is 5. The highest BCUT2D eigenvalue weighted by Crippen LogP contribution is 2.28. The Bertz CT molecular complexity index is 1010. The summed E-state index contributed by atoms with van der Waals surface area (Å²) in [4.78, 5) is 23.8. The van der Waals surface area contributed by atoms with E-state index in [1.165, 1.54) is 31.2 Å². The largest absolute Gasteiger partial charge is 0.460 e. The van der Waals surface area contributed by atoms with Crippen LogP contribution >= 0.6 is 0 Å². The van der Waals surface area contributed by atoms with Crippen molar-refractivity contribution in [3.05, 3.63) is 64.3 Å². The zero-order valence-corrected chi connectivity index (χ0v) is 13.7. The van der Waals surface area contributed by atoms with Crippen LogP contribution in [0, 0.1) is 5.82 Å². The summed E-state index contributed by atoms with van der Waals surface area (Å²) in [6.45, 7) is 3.17. The van der Waals surface area contributed by atoms with E-state index in [4.69, 9.17) is 13.9 Å². The summed E-state index contributed by atoms with van der Waals surface area (Å²) in [6.07, 6.45) is 1.66. The maximum absolute atomic E-state index is 13.7.